The third-order valence-corrected chi connectivity index (χ3v) is 2.83. The Morgan fingerprint density at radius 2 is 1.79 bits per heavy atom. The van der Waals surface area contributed by atoms with Gasteiger partial charge in [-0.25, -0.2) is 0 Å². The molecule has 0 aliphatic heterocycles. The Morgan fingerprint density at radius 3 is 2.21 bits per heavy atom. The van der Waals surface area contributed by atoms with Gasteiger partial charge >= 0.3 is 6.18 Å². The first-order valence-corrected chi connectivity index (χ1v) is 4.49. The summed E-state index contributed by atoms with van der Waals surface area (Å²) in [6, 6.07) is 0.700. The molecule has 0 saturated carbocycles. The second-order valence-electron chi connectivity index (χ2n) is 2.48. The number of rotatable bonds is 0. The normalized spacial score (nSPS) is 11.9. The SMILES string of the molecule is Nc1c(Cl)cc(C(F)(F)F)c(S)c1Cl. The van der Waals surface area contributed by atoms with Crippen LogP contribution in [0.2, 0.25) is 10.0 Å². The fourth-order valence-corrected chi connectivity index (χ4v) is 1.61. The summed E-state index contributed by atoms with van der Waals surface area (Å²) in [6.45, 7) is 0. The molecule has 14 heavy (non-hydrogen) atoms. The highest BCUT2D eigenvalue weighted by Crippen LogP contribution is 2.42. The lowest BCUT2D eigenvalue weighted by molar-refractivity contribution is -0.139. The first kappa shape index (κ1) is 11.8. The van der Waals surface area contributed by atoms with Crippen molar-refractivity contribution in [2.24, 2.45) is 0 Å². The van der Waals surface area contributed by atoms with Crippen molar-refractivity contribution in [3.8, 4) is 0 Å². The van der Waals surface area contributed by atoms with Crippen molar-refractivity contribution in [2.45, 2.75) is 11.1 Å². The number of thiol groups is 1. The Hall–Kier alpha value is -0.260. The first-order valence-electron chi connectivity index (χ1n) is 3.28. The van der Waals surface area contributed by atoms with Crippen LogP contribution in [0.3, 0.4) is 0 Å². The molecule has 0 radical (unpaired) electrons. The minimum absolute atomic E-state index is 0.105. The number of halogens is 5. The first-order chi connectivity index (χ1) is 6.25. The Labute approximate surface area is 93.4 Å². The number of anilines is 1. The maximum absolute atomic E-state index is 12.3. The predicted molar refractivity (Wildman–Crippen MR) is 53.1 cm³/mol. The van der Waals surface area contributed by atoms with Crippen molar-refractivity contribution in [2.75, 3.05) is 5.73 Å². The number of alkyl halides is 3. The molecular formula is C7H4Cl2F3NS. The Kier molecular flexibility index (Phi) is 3.13. The smallest absolute Gasteiger partial charge is 0.396 e. The molecule has 0 unspecified atom stereocenters. The van der Waals surface area contributed by atoms with E-state index in [4.69, 9.17) is 28.9 Å². The molecule has 78 valence electrons. The van der Waals surface area contributed by atoms with Gasteiger partial charge in [0.25, 0.3) is 0 Å². The van der Waals surface area contributed by atoms with Gasteiger partial charge in [-0.15, -0.1) is 12.6 Å². The monoisotopic (exact) mass is 261 g/mol. The van der Waals surface area contributed by atoms with Gasteiger partial charge in [-0.3, -0.25) is 0 Å². The summed E-state index contributed by atoms with van der Waals surface area (Å²) in [5.74, 6) is 0. The molecule has 0 fully saturated rings. The number of nitrogen functional groups attached to an aromatic ring is 1. The summed E-state index contributed by atoms with van der Waals surface area (Å²) >= 11 is 14.6. The number of nitrogens with two attached hydrogens (primary N) is 1. The minimum Gasteiger partial charge on any atom is -0.396 e. The highest BCUT2D eigenvalue weighted by Gasteiger charge is 2.34. The van der Waals surface area contributed by atoms with Crippen LogP contribution in [0.5, 0.6) is 0 Å². The topological polar surface area (TPSA) is 26.0 Å². The van der Waals surface area contributed by atoms with E-state index in [-0.39, 0.29) is 15.7 Å². The van der Waals surface area contributed by atoms with Gasteiger partial charge in [0.2, 0.25) is 0 Å². The van der Waals surface area contributed by atoms with E-state index >= 15 is 0 Å². The molecule has 0 atom stereocenters. The quantitative estimate of drug-likeness (QED) is 0.538. The van der Waals surface area contributed by atoms with Crippen molar-refractivity contribution < 1.29 is 13.2 Å². The van der Waals surface area contributed by atoms with Gasteiger partial charge in [-0.05, 0) is 6.07 Å². The predicted octanol–water partition coefficient (Wildman–Crippen LogP) is 3.88. The molecule has 1 rings (SSSR count). The second kappa shape index (κ2) is 3.72. The summed E-state index contributed by atoms with van der Waals surface area (Å²) in [5, 5.41) is -0.520. The van der Waals surface area contributed by atoms with E-state index in [0.29, 0.717) is 6.07 Å². The zero-order chi connectivity index (χ0) is 11.1. The van der Waals surface area contributed by atoms with E-state index in [1.54, 1.807) is 0 Å². The van der Waals surface area contributed by atoms with Crippen molar-refractivity contribution in [1.29, 1.82) is 0 Å². The third-order valence-electron chi connectivity index (χ3n) is 1.53. The lowest BCUT2D eigenvalue weighted by Gasteiger charge is -2.13. The van der Waals surface area contributed by atoms with Gasteiger partial charge in [0.15, 0.2) is 0 Å². The average Bonchev–Trinajstić information content (AvgIpc) is 2.06. The van der Waals surface area contributed by atoms with Crippen LogP contribution in [-0.2, 0) is 6.18 Å². The molecule has 0 aliphatic carbocycles. The fourth-order valence-electron chi connectivity index (χ4n) is 0.840. The maximum atomic E-state index is 12.3. The Bertz CT molecular complexity index is 378. The van der Waals surface area contributed by atoms with Crippen LogP contribution in [0, 0.1) is 0 Å². The van der Waals surface area contributed by atoms with Crippen LogP contribution < -0.4 is 5.73 Å². The molecule has 0 aromatic heterocycles. The fraction of sp³-hybridized carbons (Fsp3) is 0.143. The molecule has 1 aromatic carbocycles. The summed E-state index contributed by atoms with van der Waals surface area (Å²) in [5.41, 5.74) is 4.21. The molecule has 0 amide bonds. The molecule has 2 N–H and O–H groups in total. The molecule has 0 bridgehead atoms. The standard InChI is InChI=1S/C7H4Cl2F3NS/c8-3-1-2(7(10,11)12)6(14)4(9)5(3)13/h1,14H,13H2. The van der Waals surface area contributed by atoms with Crippen LogP contribution in [-0.4, -0.2) is 0 Å². The van der Waals surface area contributed by atoms with Crippen LogP contribution in [0.1, 0.15) is 5.56 Å². The van der Waals surface area contributed by atoms with E-state index in [1.165, 1.54) is 0 Å². The molecule has 1 nitrogen and oxygen atoms in total. The molecular weight excluding hydrogens is 258 g/mol. The summed E-state index contributed by atoms with van der Waals surface area (Å²) in [6.07, 6.45) is -4.54. The molecule has 7 heteroatoms. The Morgan fingerprint density at radius 1 is 1.29 bits per heavy atom. The summed E-state index contributed by atoms with van der Waals surface area (Å²) in [4.78, 5) is -0.416. The molecule has 0 saturated heterocycles. The summed E-state index contributed by atoms with van der Waals surface area (Å²) < 4.78 is 37.0. The minimum atomic E-state index is -4.54. The number of benzene rings is 1. The van der Waals surface area contributed by atoms with Crippen LogP contribution in [0.25, 0.3) is 0 Å². The van der Waals surface area contributed by atoms with Crippen molar-refractivity contribution in [3.63, 3.8) is 0 Å². The largest absolute Gasteiger partial charge is 0.417 e. The summed E-state index contributed by atoms with van der Waals surface area (Å²) in [7, 11) is 0. The highest BCUT2D eigenvalue weighted by atomic mass is 35.5. The Balaban J connectivity index is 3.49. The van der Waals surface area contributed by atoms with E-state index in [1.807, 2.05) is 0 Å². The van der Waals surface area contributed by atoms with Crippen molar-refractivity contribution >= 4 is 41.5 Å². The van der Waals surface area contributed by atoms with Gasteiger partial charge in [0.05, 0.1) is 21.3 Å². The molecule has 0 spiro atoms. The number of hydrogen-bond acceptors (Lipinski definition) is 2. The van der Waals surface area contributed by atoms with E-state index in [2.05, 4.69) is 12.6 Å². The third kappa shape index (κ3) is 2.04. The zero-order valence-corrected chi connectivity index (χ0v) is 8.90. The van der Waals surface area contributed by atoms with Gasteiger partial charge in [-0.2, -0.15) is 13.2 Å². The van der Waals surface area contributed by atoms with Crippen molar-refractivity contribution in [3.05, 3.63) is 21.7 Å². The molecule has 0 heterocycles. The van der Waals surface area contributed by atoms with E-state index < -0.39 is 16.6 Å². The van der Waals surface area contributed by atoms with Crippen LogP contribution in [0.4, 0.5) is 18.9 Å². The lowest BCUT2D eigenvalue weighted by atomic mass is 10.2. The van der Waals surface area contributed by atoms with Crippen molar-refractivity contribution in [1.82, 2.24) is 0 Å². The van der Waals surface area contributed by atoms with E-state index in [9.17, 15) is 13.2 Å². The van der Waals surface area contributed by atoms with Crippen LogP contribution in [0.15, 0.2) is 11.0 Å². The lowest BCUT2D eigenvalue weighted by Crippen LogP contribution is -2.07. The van der Waals surface area contributed by atoms with Gasteiger partial charge in [0, 0.05) is 4.90 Å². The highest BCUT2D eigenvalue weighted by molar-refractivity contribution is 7.80. The van der Waals surface area contributed by atoms with Gasteiger partial charge < -0.3 is 5.73 Å². The van der Waals surface area contributed by atoms with Gasteiger partial charge in [-0.1, -0.05) is 23.2 Å². The van der Waals surface area contributed by atoms with E-state index in [0.717, 1.165) is 0 Å². The second-order valence-corrected chi connectivity index (χ2v) is 3.71. The van der Waals surface area contributed by atoms with Gasteiger partial charge in [0.1, 0.15) is 0 Å². The molecule has 1 aromatic rings. The number of hydrogen-bond donors (Lipinski definition) is 2. The van der Waals surface area contributed by atoms with Crippen LogP contribution >= 0.6 is 35.8 Å². The zero-order valence-electron chi connectivity index (χ0n) is 6.49. The average molecular weight is 262 g/mol. The maximum Gasteiger partial charge on any atom is 0.417 e. The molecule has 0 aliphatic rings.